The molecule has 6 heteroatoms. The van der Waals surface area contributed by atoms with Crippen molar-refractivity contribution in [3.8, 4) is 0 Å². The van der Waals surface area contributed by atoms with Gasteiger partial charge in [0.05, 0.1) is 17.8 Å². The molecule has 0 unspecified atom stereocenters. The Morgan fingerprint density at radius 2 is 2.14 bits per heavy atom. The zero-order valence-electron chi connectivity index (χ0n) is 12.4. The summed E-state index contributed by atoms with van der Waals surface area (Å²) >= 11 is 6.14. The fraction of sp³-hybridized carbons (Fsp3) is 0.333. The van der Waals surface area contributed by atoms with Gasteiger partial charge in [-0.15, -0.1) is 0 Å². The number of ketones is 1. The third-order valence-corrected chi connectivity index (χ3v) is 3.50. The Bertz CT molecular complexity index is 664. The summed E-state index contributed by atoms with van der Waals surface area (Å²) in [7, 11) is 3.93. The van der Waals surface area contributed by atoms with Crippen LogP contribution in [0.15, 0.2) is 24.4 Å². The minimum atomic E-state index is -0.197. The summed E-state index contributed by atoms with van der Waals surface area (Å²) in [5.41, 5.74) is 8.18. The smallest absolute Gasteiger partial charge is 0.214 e. The van der Waals surface area contributed by atoms with Gasteiger partial charge in [0.25, 0.3) is 0 Å². The van der Waals surface area contributed by atoms with E-state index in [1.54, 1.807) is 16.8 Å². The van der Waals surface area contributed by atoms with Gasteiger partial charge in [-0.3, -0.25) is 9.48 Å². The van der Waals surface area contributed by atoms with E-state index in [4.69, 9.17) is 17.3 Å². The van der Waals surface area contributed by atoms with Gasteiger partial charge in [-0.2, -0.15) is 5.10 Å². The lowest BCUT2D eigenvalue weighted by Crippen LogP contribution is -2.22. The van der Waals surface area contributed by atoms with Gasteiger partial charge < -0.3 is 10.6 Å². The second-order valence-corrected chi connectivity index (χ2v) is 5.69. The fourth-order valence-electron chi connectivity index (χ4n) is 2.05. The Kier molecular flexibility index (Phi) is 4.65. The molecule has 0 saturated heterocycles. The van der Waals surface area contributed by atoms with Crippen LogP contribution in [0.5, 0.6) is 0 Å². The molecule has 2 rings (SSSR count). The number of nitrogens with two attached hydrogens (primary N) is 1. The molecule has 0 spiro atoms. The van der Waals surface area contributed by atoms with E-state index >= 15 is 0 Å². The first-order chi connectivity index (χ1) is 9.90. The molecule has 0 amide bonds. The maximum Gasteiger partial charge on any atom is 0.214 e. The summed E-state index contributed by atoms with van der Waals surface area (Å²) in [5, 5.41) is 4.53. The van der Waals surface area contributed by atoms with Crippen LogP contribution in [0.4, 0.5) is 5.69 Å². The molecule has 0 bridgehead atoms. The minimum Gasteiger partial charge on any atom is -0.398 e. The highest BCUT2D eigenvalue weighted by Crippen LogP contribution is 2.23. The van der Waals surface area contributed by atoms with Crippen LogP contribution >= 0.6 is 11.6 Å². The number of anilines is 1. The maximum atomic E-state index is 12.7. The van der Waals surface area contributed by atoms with E-state index < -0.39 is 0 Å². The highest BCUT2D eigenvalue weighted by molar-refractivity contribution is 6.34. The third-order valence-electron chi connectivity index (χ3n) is 3.22. The Balaban J connectivity index is 2.39. The number of rotatable bonds is 5. The number of likely N-dealkylation sites (N-methyl/N-ethyl adjacent to an activating group) is 1. The monoisotopic (exact) mass is 306 g/mol. The van der Waals surface area contributed by atoms with Crippen LogP contribution in [0, 0.1) is 6.92 Å². The molecule has 1 heterocycles. The number of hydrogen-bond donors (Lipinski definition) is 1. The van der Waals surface area contributed by atoms with Crippen LogP contribution < -0.4 is 5.73 Å². The van der Waals surface area contributed by atoms with Crippen LogP contribution in [-0.4, -0.2) is 41.1 Å². The molecule has 0 aliphatic heterocycles. The Morgan fingerprint density at radius 3 is 2.81 bits per heavy atom. The van der Waals surface area contributed by atoms with Gasteiger partial charge in [0.15, 0.2) is 0 Å². The Labute approximate surface area is 129 Å². The second kappa shape index (κ2) is 6.28. The average Bonchev–Trinajstić information content (AvgIpc) is 2.79. The number of carbonyl (C=O) groups is 1. The average molecular weight is 307 g/mol. The molecule has 2 N–H and O–H groups in total. The number of aryl methyl sites for hydroxylation is 1. The van der Waals surface area contributed by atoms with Gasteiger partial charge in [0.1, 0.15) is 5.69 Å². The molecule has 0 radical (unpaired) electrons. The van der Waals surface area contributed by atoms with Gasteiger partial charge in [-0.25, -0.2) is 0 Å². The fourth-order valence-corrected chi connectivity index (χ4v) is 2.27. The topological polar surface area (TPSA) is 64.2 Å². The normalized spacial score (nSPS) is 11.1. The predicted molar refractivity (Wildman–Crippen MR) is 84.8 cm³/mol. The maximum absolute atomic E-state index is 12.7. The van der Waals surface area contributed by atoms with Crippen molar-refractivity contribution in [2.45, 2.75) is 13.5 Å². The van der Waals surface area contributed by atoms with Crippen molar-refractivity contribution < 1.29 is 4.79 Å². The van der Waals surface area contributed by atoms with Crippen LogP contribution in [0.3, 0.4) is 0 Å². The molecule has 21 heavy (non-hydrogen) atoms. The van der Waals surface area contributed by atoms with E-state index in [0.717, 1.165) is 12.1 Å². The van der Waals surface area contributed by atoms with E-state index in [9.17, 15) is 4.79 Å². The number of benzene rings is 1. The van der Waals surface area contributed by atoms with Gasteiger partial charge in [-0.05, 0) is 33.2 Å². The predicted octanol–water partition coefficient (Wildman–Crippen LogP) is 2.22. The van der Waals surface area contributed by atoms with Crippen LogP contribution in [0.25, 0.3) is 0 Å². The molecule has 0 atom stereocenters. The molecule has 1 aromatic heterocycles. The zero-order chi connectivity index (χ0) is 15.6. The molecule has 0 aliphatic rings. The van der Waals surface area contributed by atoms with E-state index in [2.05, 4.69) is 5.10 Å². The van der Waals surface area contributed by atoms with Crippen molar-refractivity contribution in [2.24, 2.45) is 0 Å². The summed E-state index contributed by atoms with van der Waals surface area (Å²) in [6, 6.07) is 5.38. The number of hydrogen-bond acceptors (Lipinski definition) is 4. The van der Waals surface area contributed by atoms with Gasteiger partial charge in [0.2, 0.25) is 5.78 Å². The third kappa shape index (κ3) is 3.43. The van der Waals surface area contributed by atoms with Crippen molar-refractivity contribution in [1.29, 1.82) is 0 Å². The highest BCUT2D eigenvalue weighted by atomic mass is 35.5. The highest BCUT2D eigenvalue weighted by Gasteiger charge is 2.21. The summed E-state index contributed by atoms with van der Waals surface area (Å²) in [4.78, 5) is 14.7. The van der Waals surface area contributed by atoms with Crippen LogP contribution in [-0.2, 0) is 6.54 Å². The van der Waals surface area contributed by atoms with E-state index in [1.807, 2.05) is 32.0 Å². The van der Waals surface area contributed by atoms with Crippen LogP contribution in [0.2, 0.25) is 5.02 Å². The minimum absolute atomic E-state index is 0.197. The largest absolute Gasteiger partial charge is 0.398 e. The number of nitrogens with zero attached hydrogens (tertiary/aromatic N) is 3. The molecule has 112 valence electrons. The number of aromatic nitrogens is 2. The molecule has 5 nitrogen and oxygen atoms in total. The standard InChI is InChI=1S/C15H19ClN4O/c1-10-4-5-13(17)11(8-10)15(21)14-12(16)9-18-20(14)7-6-19(2)3/h4-5,8-9H,6-7,17H2,1-3H3. The van der Waals surface area contributed by atoms with Gasteiger partial charge >= 0.3 is 0 Å². The molecule has 0 saturated carbocycles. The lowest BCUT2D eigenvalue weighted by Gasteiger charge is -2.12. The number of nitrogen functional groups attached to an aromatic ring is 1. The van der Waals surface area contributed by atoms with E-state index in [0.29, 0.717) is 28.5 Å². The molecular weight excluding hydrogens is 288 g/mol. The molecular formula is C15H19ClN4O. The van der Waals surface area contributed by atoms with Crippen molar-refractivity contribution in [1.82, 2.24) is 14.7 Å². The first-order valence-corrected chi connectivity index (χ1v) is 7.05. The summed E-state index contributed by atoms with van der Waals surface area (Å²) in [6.45, 7) is 3.27. The molecule has 0 fully saturated rings. The van der Waals surface area contributed by atoms with Crippen LogP contribution in [0.1, 0.15) is 21.6 Å². The number of carbonyl (C=O) groups excluding carboxylic acids is 1. The number of halogens is 1. The van der Waals surface area contributed by atoms with Crippen molar-refractivity contribution in [3.63, 3.8) is 0 Å². The quantitative estimate of drug-likeness (QED) is 0.679. The summed E-state index contributed by atoms with van der Waals surface area (Å²) in [5.74, 6) is -0.197. The first-order valence-electron chi connectivity index (χ1n) is 6.67. The zero-order valence-corrected chi connectivity index (χ0v) is 13.2. The van der Waals surface area contributed by atoms with Crippen molar-refractivity contribution in [3.05, 3.63) is 46.2 Å². The van der Waals surface area contributed by atoms with Gasteiger partial charge in [0, 0.05) is 17.8 Å². The Morgan fingerprint density at radius 1 is 1.43 bits per heavy atom. The molecule has 0 aliphatic carbocycles. The SMILES string of the molecule is Cc1ccc(N)c(C(=O)c2c(Cl)cnn2CCN(C)C)c1. The van der Waals surface area contributed by atoms with Crippen molar-refractivity contribution in [2.75, 3.05) is 26.4 Å². The molecule has 2 aromatic rings. The lowest BCUT2D eigenvalue weighted by molar-refractivity contribution is 0.102. The Hall–Kier alpha value is -1.85. The first kappa shape index (κ1) is 15.5. The summed E-state index contributed by atoms with van der Waals surface area (Å²) in [6.07, 6.45) is 1.50. The van der Waals surface area contributed by atoms with E-state index in [1.165, 1.54) is 6.20 Å². The summed E-state index contributed by atoms with van der Waals surface area (Å²) < 4.78 is 1.63. The molecule has 1 aromatic carbocycles. The van der Waals surface area contributed by atoms with Gasteiger partial charge in [-0.1, -0.05) is 23.2 Å². The lowest BCUT2D eigenvalue weighted by atomic mass is 10.0. The second-order valence-electron chi connectivity index (χ2n) is 5.29. The van der Waals surface area contributed by atoms with Crippen molar-refractivity contribution >= 4 is 23.1 Å². The van der Waals surface area contributed by atoms with E-state index in [-0.39, 0.29) is 5.78 Å².